The van der Waals surface area contributed by atoms with Gasteiger partial charge in [-0.15, -0.1) is 5.10 Å². The molecule has 0 spiro atoms. The maximum absolute atomic E-state index is 11.6. The lowest BCUT2D eigenvalue weighted by Gasteiger charge is -2.41. The van der Waals surface area contributed by atoms with E-state index in [2.05, 4.69) is 20.5 Å². The highest BCUT2D eigenvalue weighted by atomic mass is 16.5. The first-order chi connectivity index (χ1) is 11.7. The molecule has 1 aromatic heterocycles. The van der Waals surface area contributed by atoms with Gasteiger partial charge in [-0.3, -0.25) is 9.69 Å². The molecule has 1 N–H and O–H groups in total. The van der Waals surface area contributed by atoms with Gasteiger partial charge < -0.3 is 10.1 Å². The molecule has 0 unspecified atom stereocenters. The highest BCUT2D eigenvalue weighted by Gasteiger charge is 2.36. The number of hydrogen-bond acceptors (Lipinski definition) is 5. The zero-order valence-corrected chi connectivity index (χ0v) is 13.7. The fourth-order valence-electron chi connectivity index (χ4n) is 3.55. The van der Waals surface area contributed by atoms with Gasteiger partial charge in [0, 0.05) is 32.2 Å². The molecule has 4 rings (SSSR count). The number of nitrogens with zero attached hydrogens (tertiary/aromatic N) is 4. The van der Waals surface area contributed by atoms with E-state index in [9.17, 15) is 4.79 Å². The maximum atomic E-state index is 11.6. The number of rotatable bonds is 3. The zero-order chi connectivity index (χ0) is 16.5. The van der Waals surface area contributed by atoms with Crippen LogP contribution in [0.25, 0.3) is 0 Å². The fraction of sp³-hybridized carbons (Fsp3) is 0.471. The van der Waals surface area contributed by atoms with Crippen LogP contribution in [0.2, 0.25) is 0 Å². The first-order valence-electron chi connectivity index (χ1n) is 8.28. The number of hydrogen-bond donors (Lipinski definition) is 1. The van der Waals surface area contributed by atoms with Gasteiger partial charge in [-0.1, -0.05) is 17.3 Å². The highest BCUT2D eigenvalue weighted by molar-refractivity contribution is 5.93. The number of carbonyl (C=O) groups excluding carboxylic acids is 1. The molecular formula is C17H21N5O2. The number of piperidine rings is 1. The van der Waals surface area contributed by atoms with E-state index in [1.54, 1.807) is 13.2 Å². The Hall–Kier alpha value is -2.25. The van der Waals surface area contributed by atoms with Gasteiger partial charge in [0.2, 0.25) is 0 Å². The van der Waals surface area contributed by atoms with Crippen LogP contribution in [0.1, 0.15) is 34.1 Å². The summed E-state index contributed by atoms with van der Waals surface area (Å²) in [7, 11) is 1.64. The Bertz CT molecular complexity index is 727. The molecule has 3 heterocycles. The summed E-state index contributed by atoms with van der Waals surface area (Å²) in [5.74, 6) is -0.0552. The molecule has 7 heteroatoms. The molecule has 1 saturated heterocycles. The van der Waals surface area contributed by atoms with Crippen LogP contribution in [0.15, 0.2) is 30.5 Å². The number of carbonyl (C=O) groups is 1. The molecule has 0 radical (unpaired) electrons. The van der Waals surface area contributed by atoms with Crippen LogP contribution < -0.4 is 5.32 Å². The molecule has 24 heavy (non-hydrogen) atoms. The van der Waals surface area contributed by atoms with Gasteiger partial charge >= 0.3 is 0 Å². The molecule has 1 fully saturated rings. The third-order valence-corrected chi connectivity index (χ3v) is 4.86. The monoisotopic (exact) mass is 327 g/mol. The van der Waals surface area contributed by atoms with Crippen molar-refractivity contribution in [3.05, 3.63) is 47.3 Å². The Morgan fingerprint density at radius 2 is 2.21 bits per heavy atom. The van der Waals surface area contributed by atoms with Crippen LogP contribution in [0.4, 0.5) is 0 Å². The Kier molecular flexibility index (Phi) is 4.03. The fourth-order valence-corrected chi connectivity index (χ4v) is 3.55. The second-order valence-electron chi connectivity index (χ2n) is 6.39. The third-order valence-electron chi connectivity index (χ3n) is 4.86. The van der Waals surface area contributed by atoms with E-state index in [0.29, 0.717) is 12.2 Å². The maximum Gasteiger partial charge on any atom is 0.251 e. The topological polar surface area (TPSA) is 72.3 Å². The van der Waals surface area contributed by atoms with Crippen LogP contribution in [0.3, 0.4) is 0 Å². The van der Waals surface area contributed by atoms with Crippen molar-refractivity contribution in [3.63, 3.8) is 0 Å². The molecule has 0 aliphatic carbocycles. The van der Waals surface area contributed by atoms with Crippen molar-refractivity contribution >= 4 is 5.91 Å². The van der Waals surface area contributed by atoms with E-state index in [1.807, 2.05) is 28.9 Å². The summed E-state index contributed by atoms with van der Waals surface area (Å²) in [6.45, 7) is 3.37. The van der Waals surface area contributed by atoms with Gasteiger partial charge in [0.1, 0.15) is 0 Å². The Morgan fingerprint density at radius 1 is 1.38 bits per heavy atom. The first kappa shape index (κ1) is 15.3. The van der Waals surface area contributed by atoms with E-state index in [1.165, 1.54) is 5.56 Å². The Balaban J connectivity index is 1.44. The van der Waals surface area contributed by atoms with E-state index in [0.717, 1.165) is 31.7 Å². The van der Waals surface area contributed by atoms with Gasteiger partial charge in [0.25, 0.3) is 5.91 Å². The number of nitrogens with one attached hydrogen (secondary N) is 1. The van der Waals surface area contributed by atoms with Crippen molar-refractivity contribution in [2.75, 3.05) is 20.1 Å². The molecule has 0 bridgehead atoms. The third kappa shape index (κ3) is 2.81. The number of ether oxygens (including phenoxy) is 1. The predicted molar refractivity (Wildman–Crippen MR) is 87.4 cm³/mol. The average Bonchev–Trinajstić information content (AvgIpc) is 3.11. The molecule has 0 saturated carbocycles. The summed E-state index contributed by atoms with van der Waals surface area (Å²) in [4.78, 5) is 14.0. The summed E-state index contributed by atoms with van der Waals surface area (Å²) >= 11 is 0. The molecule has 2 atom stereocenters. The summed E-state index contributed by atoms with van der Waals surface area (Å²) in [6.07, 6.45) is 3.01. The quantitative estimate of drug-likeness (QED) is 0.910. The lowest BCUT2D eigenvalue weighted by atomic mass is 9.99. The summed E-state index contributed by atoms with van der Waals surface area (Å²) in [6, 6.07) is 8.03. The Labute approximate surface area is 140 Å². The van der Waals surface area contributed by atoms with Crippen molar-refractivity contribution in [3.8, 4) is 0 Å². The lowest BCUT2D eigenvalue weighted by molar-refractivity contribution is -0.0669. The average molecular weight is 327 g/mol. The van der Waals surface area contributed by atoms with Crippen molar-refractivity contribution in [2.45, 2.75) is 31.7 Å². The molecule has 2 aliphatic rings. The second-order valence-corrected chi connectivity index (χ2v) is 6.39. The molecule has 2 aliphatic heterocycles. The molecule has 1 amide bonds. The van der Waals surface area contributed by atoms with Crippen LogP contribution in [-0.2, 0) is 17.9 Å². The van der Waals surface area contributed by atoms with E-state index >= 15 is 0 Å². The van der Waals surface area contributed by atoms with Crippen molar-refractivity contribution < 1.29 is 9.53 Å². The zero-order valence-electron chi connectivity index (χ0n) is 13.7. The summed E-state index contributed by atoms with van der Waals surface area (Å²) in [5.41, 5.74) is 2.94. The van der Waals surface area contributed by atoms with Gasteiger partial charge in [-0.2, -0.15) is 0 Å². The number of fused-ring (bicyclic) bond motifs is 3. The molecule has 126 valence electrons. The van der Waals surface area contributed by atoms with Crippen molar-refractivity contribution in [2.24, 2.45) is 0 Å². The Morgan fingerprint density at radius 3 is 3.00 bits per heavy atom. The second kappa shape index (κ2) is 6.33. The SMILES string of the molecule is CNC(=O)c1ccc(CN2CC[C@@H]3OCc4cnnn4[C@@H]3C2)cc1. The van der Waals surface area contributed by atoms with Crippen molar-refractivity contribution in [1.82, 2.24) is 25.2 Å². The molecular weight excluding hydrogens is 306 g/mol. The normalized spacial score (nSPS) is 23.4. The smallest absolute Gasteiger partial charge is 0.251 e. The largest absolute Gasteiger partial charge is 0.370 e. The summed E-state index contributed by atoms with van der Waals surface area (Å²) < 4.78 is 7.97. The molecule has 1 aromatic carbocycles. The van der Waals surface area contributed by atoms with Gasteiger partial charge in [0.15, 0.2) is 0 Å². The number of aromatic nitrogens is 3. The minimum absolute atomic E-state index is 0.0552. The van der Waals surface area contributed by atoms with Gasteiger partial charge in [-0.25, -0.2) is 4.68 Å². The standard InChI is InChI=1S/C17H21N5O2/c1-18-17(23)13-4-2-12(3-5-13)9-21-7-6-16-15(10-21)22-14(11-24-16)8-19-20-22/h2-5,8,15-16H,6-7,9-11H2,1H3,(H,18,23)/t15-,16+/m1/s1. The highest BCUT2D eigenvalue weighted by Crippen LogP contribution is 2.30. The molecule has 7 nitrogen and oxygen atoms in total. The number of likely N-dealkylation sites (tertiary alicyclic amines) is 1. The number of benzene rings is 1. The van der Waals surface area contributed by atoms with E-state index in [-0.39, 0.29) is 18.1 Å². The van der Waals surface area contributed by atoms with E-state index < -0.39 is 0 Å². The first-order valence-corrected chi connectivity index (χ1v) is 8.28. The van der Waals surface area contributed by atoms with Crippen LogP contribution in [0.5, 0.6) is 0 Å². The minimum Gasteiger partial charge on any atom is -0.370 e. The van der Waals surface area contributed by atoms with Gasteiger partial charge in [0.05, 0.1) is 30.6 Å². The van der Waals surface area contributed by atoms with Gasteiger partial charge in [-0.05, 0) is 24.1 Å². The predicted octanol–water partition coefficient (Wildman–Crippen LogP) is 0.983. The minimum atomic E-state index is -0.0552. The molecule has 2 aromatic rings. The van der Waals surface area contributed by atoms with Crippen molar-refractivity contribution in [1.29, 1.82) is 0 Å². The van der Waals surface area contributed by atoms with Crippen LogP contribution in [-0.4, -0.2) is 52.0 Å². The van der Waals surface area contributed by atoms with Crippen LogP contribution >= 0.6 is 0 Å². The van der Waals surface area contributed by atoms with Crippen LogP contribution in [0, 0.1) is 0 Å². The lowest BCUT2D eigenvalue weighted by Crippen LogP contribution is -2.47. The van der Waals surface area contributed by atoms with E-state index in [4.69, 9.17) is 4.74 Å². The number of amides is 1. The summed E-state index contributed by atoms with van der Waals surface area (Å²) in [5, 5.41) is 10.9.